The molecule has 2 heterocycles. The van der Waals surface area contributed by atoms with Gasteiger partial charge in [-0.15, -0.1) is 6.58 Å². The summed E-state index contributed by atoms with van der Waals surface area (Å²) >= 11 is 5.94. The zero-order valence-corrected chi connectivity index (χ0v) is 10.2. The van der Waals surface area contributed by atoms with Crippen molar-refractivity contribution in [3.05, 3.63) is 38.8 Å². The number of aryl methyl sites for hydroxylation is 1. The van der Waals surface area contributed by atoms with Gasteiger partial charge in [-0.2, -0.15) is 4.98 Å². The molecular formula is C10H11ClN4O2. The van der Waals surface area contributed by atoms with Gasteiger partial charge in [0.1, 0.15) is 0 Å². The summed E-state index contributed by atoms with van der Waals surface area (Å²) in [6.07, 6.45) is 1.61. The Morgan fingerprint density at radius 1 is 1.35 bits per heavy atom. The smallest absolute Gasteiger partial charge is 0.305 e. The lowest BCUT2D eigenvalue weighted by molar-refractivity contribution is 0.703. The minimum Gasteiger partial charge on any atom is -0.305 e. The summed E-state index contributed by atoms with van der Waals surface area (Å²) in [4.78, 5) is 27.7. The van der Waals surface area contributed by atoms with Crippen LogP contribution in [0.2, 0.25) is 5.28 Å². The average molecular weight is 255 g/mol. The van der Waals surface area contributed by atoms with Crippen LogP contribution in [0.4, 0.5) is 0 Å². The number of nitrogens with zero attached hydrogens (tertiary/aromatic N) is 4. The van der Waals surface area contributed by atoms with Crippen molar-refractivity contribution in [2.24, 2.45) is 14.1 Å². The van der Waals surface area contributed by atoms with E-state index in [2.05, 4.69) is 11.6 Å². The highest BCUT2D eigenvalue weighted by Crippen LogP contribution is 2.15. The van der Waals surface area contributed by atoms with E-state index in [-0.39, 0.29) is 10.9 Å². The molecule has 0 N–H and O–H groups in total. The Labute approximate surface area is 101 Å². The molecule has 0 aliphatic heterocycles. The number of rotatable bonds is 2. The van der Waals surface area contributed by atoms with Crippen molar-refractivity contribution in [1.82, 2.24) is 18.7 Å². The predicted molar refractivity (Wildman–Crippen MR) is 65.4 cm³/mol. The molecule has 0 spiro atoms. The van der Waals surface area contributed by atoms with Gasteiger partial charge in [0.15, 0.2) is 11.2 Å². The molecular weight excluding hydrogens is 244 g/mol. The van der Waals surface area contributed by atoms with Gasteiger partial charge in [-0.1, -0.05) is 6.08 Å². The quantitative estimate of drug-likeness (QED) is 0.571. The Kier molecular flexibility index (Phi) is 2.66. The van der Waals surface area contributed by atoms with Gasteiger partial charge < -0.3 is 4.57 Å². The predicted octanol–water partition coefficient (Wildman–Crippen LogP) is 0.273. The van der Waals surface area contributed by atoms with Gasteiger partial charge in [-0.25, -0.2) is 4.79 Å². The summed E-state index contributed by atoms with van der Waals surface area (Å²) in [6.45, 7) is 3.95. The fourth-order valence-corrected chi connectivity index (χ4v) is 1.95. The minimum atomic E-state index is -0.428. The highest BCUT2D eigenvalue weighted by Gasteiger charge is 2.16. The van der Waals surface area contributed by atoms with E-state index >= 15 is 0 Å². The fourth-order valence-electron chi connectivity index (χ4n) is 1.72. The molecule has 0 fully saturated rings. The standard InChI is InChI=1S/C10H11ClN4O2/c1-4-5-15-6-7(12-9(15)11)13(2)10(17)14(3)8(6)16/h4H,1,5H2,2-3H3. The zero-order valence-electron chi connectivity index (χ0n) is 9.47. The second-order valence-electron chi connectivity index (χ2n) is 3.66. The maximum Gasteiger partial charge on any atom is 0.332 e. The highest BCUT2D eigenvalue weighted by atomic mass is 35.5. The number of hydrogen-bond acceptors (Lipinski definition) is 3. The zero-order chi connectivity index (χ0) is 12.7. The van der Waals surface area contributed by atoms with Crippen LogP contribution in [0.3, 0.4) is 0 Å². The van der Waals surface area contributed by atoms with Crippen LogP contribution in [0.1, 0.15) is 0 Å². The van der Waals surface area contributed by atoms with E-state index in [1.807, 2.05) is 0 Å². The molecule has 0 atom stereocenters. The second kappa shape index (κ2) is 3.89. The third kappa shape index (κ3) is 1.52. The third-order valence-electron chi connectivity index (χ3n) is 2.61. The summed E-state index contributed by atoms with van der Waals surface area (Å²) in [5, 5.41) is 0.165. The fraction of sp³-hybridized carbons (Fsp3) is 0.300. The molecule has 2 rings (SSSR count). The molecule has 0 aromatic carbocycles. The molecule has 0 unspecified atom stereocenters. The summed E-state index contributed by atoms with van der Waals surface area (Å²) in [6, 6.07) is 0. The average Bonchev–Trinajstić information content (AvgIpc) is 2.62. The molecule has 6 nitrogen and oxygen atoms in total. The Morgan fingerprint density at radius 2 is 2.00 bits per heavy atom. The van der Waals surface area contributed by atoms with Crippen molar-refractivity contribution in [1.29, 1.82) is 0 Å². The number of hydrogen-bond donors (Lipinski definition) is 0. The first-order valence-electron chi connectivity index (χ1n) is 4.91. The Morgan fingerprint density at radius 3 is 2.59 bits per heavy atom. The van der Waals surface area contributed by atoms with E-state index in [4.69, 9.17) is 11.6 Å². The van der Waals surface area contributed by atoms with Crippen molar-refractivity contribution in [2.45, 2.75) is 6.54 Å². The van der Waals surface area contributed by atoms with E-state index in [9.17, 15) is 9.59 Å². The van der Waals surface area contributed by atoms with Crippen LogP contribution in [-0.4, -0.2) is 18.7 Å². The van der Waals surface area contributed by atoms with Gasteiger partial charge in [-0.05, 0) is 11.6 Å². The van der Waals surface area contributed by atoms with E-state index < -0.39 is 11.2 Å². The van der Waals surface area contributed by atoms with Crippen molar-refractivity contribution < 1.29 is 0 Å². The lowest BCUT2D eigenvalue weighted by Crippen LogP contribution is -2.37. The number of halogens is 1. The van der Waals surface area contributed by atoms with Crippen LogP contribution in [-0.2, 0) is 20.6 Å². The maximum absolute atomic E-state index is 12.0. The lowest BCUT2D eigenvalue weighted by atomic mass is 10.5. The Hall–Kier alpha value is -1.82. The molecule has 90 valence electrons. The molecule has 7 heteroatoms. The van der Waals surface area contributed by atoms with Gasteiger partial charge >= 0.3 is 5.69 Å². The first kappa shape index (κ1) is 11.7. The molecule has 2 aromatic rings. The van der Waals surface area contributed by atoms with Crippen LogP contribution >= 0.6 is 11.6 Å². The Balaban J connectivity index is 3.07. The van der Waals surface area contributed by atoms with Gasteiger partial charge in [0.2, 0.25) is 5.28 Å². The summed E-state index contributed by atoms with van der Waals surface area (Å²) < 4.78 is 3.84. The van der Waals surface area contributed by atoms with E-state index in [1.165, 1.54) is 16.2 Å². The first-order chi connectivity index (χ1) is 7.99. The molecule has 0 bridgehead atoms. The summed E-state index contributed by atoms with van der Waals surface area (Å²) in [5.41, 5.74) is -0.254. The molecule has 0 amide bonds. The van der Waals surface area contributed by atoms with E-state index in [1.54, 1.807) is 13.1 Å². The van der Waals surface area contributed by atoms with Crippen molar-refractivity contribution in [3.8, 4) is 0 Å². The van der Waals surface area contributed by atoms with Crippen LogP contribution in [0.15, 0.2) is 22.2 Å². The molecule has 0 radical (unpaired) electrons. The third-order valence-corrected chi connectivity index (χ3v) is 2.90. The number of aromatic nitrogens is 4. The largest absolute Gasteiger partial charge is 0.332 e. The molecule has 2 aromatic heterocycles. The Bertz CT molecular complexity index is 722. The number of imidazole rings is 1. The topological polar surface area (TPSA) is 61.8 Å². The lowest BCUT2D eigenvalue weighted by Gasteiger charge is -2.04. The number of allylic oxidation sites excluding steroid dienone is 1. The van der Waals surface area contributed by atoms with Gasteiger partial charge in [0.25, 0.3) is 5.56 Å². The minimum absolute atomic E-state index is 0.165. The normalized spacial score (nSPS) is 11.0. The van der Waals surface area contributed by atoms with Gasteiger partial charge in [0, 0.05) is 20.6 Å². The van der Waals surface area contributed by atoms with Crippen LogP contribution in [0, 0.1) is 0 Å². The molecule has 0 saturated heterocycles. The molecule has 17 heavy (non-hydrogen) atoms. The summed E-state index contributed by atoms with van der Waals surface area (Å²) in [5.74, 6) is 0. The summed E-state index contributed by atoms with van der Waals surface area (Å²) in [7, 11) is 2.97. The highest BCUT2D eigenvalue weighted by molar-refractivity contribution is 6.29. The monoisotopic (exact) mass is 254 g/mol. The van der Waals surface area contributed by atoms with E-state index in [0.717, 1.165) is 4.57 Å². The van der Waals surface area contributed by atoms with Crippen molar-refractivity contribution in [3.63, 3.8) is 0 Å². The van der Waals surface area contributed by atoms with Crippen LogP contribution in [0.5, 0.6) is 0 Å². The van der Waals surface area contributed by atoms with E-state index in [0.29, 0.717) is 12.1 Å². The van der Waals surface area contributed by atoms with Crippen LogP contribution < -0.4 is 11.2 Å². The molecule has 0 aliphatic rings. The SMILES string of the molecule is C=CCn1c(Cl)nc2c1c(=O)n(C)c(=O)n2C. The maximum atomic E-state index is 12.0. The molecule has 0 saturated carbocycles. The van der Waals surface area contributed by atoms with Gasteiger partial charge in [0.05, 0.1) is 0 Å². The van der Waals surface area contributed by atoms with Gasteiger partial charge in [-0.3, -0.25) is 13.9 Å². The number of fused-ring (bicyclic) bond motifs is 1. The van der Waals surface area contributed by atoms with Crippen molar-refractivity contribution in [2.75, 3.05) is 0 Å². The van der Waals surface area contributed by atoms with Crippen molar-refractivity contribution >= 4 is 22.8 Å². The first-order valence-corrected chi connectivity index (χ1v) is 5.29. The van der Waals surface area contributed by atoms with Crippen LogP contribution in [0.25, 0.3) is 11.2 Å². The second-order valence-corrected chi connectivity index (χ2v) is 4.00. The molecule has 0 aliphatic carbocycles.